The van der Waals surface area contributed by atoms with Crippen LogP contribution < -0.4 is 4.74 Å². The van der Waals surface area contributed by atoms with Gasteiger partial charge in [0.15, 0.2) is 5.25 Å². The van der Waals surface area contributed by atoms with Gasteiger partial charge in [-0.3, -0.25) is 4.79 Å². The summed E-state index contributed by atoms with van der Waals surface area (Å²) in [6.45, 7) is 11.1. The number of rotatable bonds is 11. The molecular weight excluding hydrogens is 376 g/mol. The summed E-state index contributed by atoms with van der Waals surface area (Å²) in [6, 6.07) is 17.4. The highest BCUT2D eigenvalue weighted by Crippen LogP contribution is 2.32. The molecule has 0 fully saturated rings. The summed E-state index contributed by atoms with van der Waals surface area (Å²) >= 11 is 0. The Balaban J connectivity index is 2.21. The molecule has 158 valence electrons. The van der Waals surface area contributed by atoms with E-state index in [4.69, 9.17) is 4.74 Å². The van der Waals surface area contributed by atoms with Crippen LogP contribution in [0.25, 0.3) is 0 Å². The molecule has 1 unspecified atom stereocenters. The quantitative estimate of drug-likeness (QED) is 0.285. The first-order chi connectivity index (χ1) is 13.9. The fourth-order valence-corrected chi connectivity index (χ4v) is 6.94. The Labute approximate surface area is 180 Å². The average Bonchev–Trinajstić information content (AvgIpc) is 2.70. The maximum Gasteiger partial charge on any atom is 0.215 e. The van der Waals surface area contributed by atoms with Gasteiger partial charge in [0, 0.05) is 11.0 Å². The lowest BCUT2D eigenvalue weighted by Gasteiger charge is -2.29. The number of hydrogen-bond acceptors (Lipinski definition) is 2. The van der Waals surface area contributed by atoms with E-state index < -0.39 is 0 Å². The maximum atomic E-state index is 13.6. The van der Waals surface area contributed by atoms with Crippen LogP contribution in [-0.4, -0.2) is 22.5 Å². The number of Topliss-reactive ketones (excluding diaryl/α,β-unsaturated/α-hetero) is 1. The van der Waals surface area contributed by atoms with Gasteiger partial charge in [-0.15, -0.1) is 0 Å². The molecule has 0 aromatic heterocycles. The van der Waals surface area contributed by atoms with Crippen molar-refractivity contribution in [3.05, 3.63) is 60.2 Å². The number of ether oxygens (including phenoxy) is 1. The van der Waals surface area contributed by atoms with Crippen molar-refractivity contribution in [2.24, 2.45) is 5.41 Å². The fourth-order valence-electron chi connectivity index (χ4n) is 3.51. The SMILES string of the molecule is CCCC[S+](CCCC)C(C(=O)c1ccc(Oc2ccccc2)cc1)C(C)(C)C. The summed E-state index contributed by atoms with van der Waals surface area (Å²) in [6.07, 6.45) is 4.78. The van der Waals surface area contributed by atoms with E-state index in [-0.39, 0.29) is 21.6 Å². The van der Waals surface area contributed by atoms with Gasteiger partial charge in [0.1, 0.15) is 23.0 Å². The lowest BCUT2D eigenvalue weighted by atomic mass is 9.87. The summed E-state index contributed by atoms with van der Waals surface area (Å²) in [5.74, 6) is 4.19. The molecule has 1 atom stereocenters. The van der Waals surface area contributed by atoms with Crippen LogP contribution >= 0.6 is 0 Å². The second-order valence-electron chi connectivity index (χ2n) is 8.70. The third kappa shape index (κ3) is 7.22. The molecule has 0 radical (unpaired) electrons. The lowest BCUT2D eigenvalue weighted by molar-refractivity contribution is 0.0948. The molecule has 2 aromatic carbocycles. The van der Waals surface area contributed by atoms with Crippen LogP contribution in [0, 0.1) is 5.41 Å². The van der Waals surface area contributed by atoms with E-state index in [2.05, 4.69) is 34.6 Å². The van der Waals surface area contributed by atoms with E-state index in [9.17, 15) is 4.79 Å². The van der Waals surface area contributed by atoms with Crippen molar-refractivity contribution < 1.29 is 9.53 Å². The molecule has 0 bridgehead atoms. The average molecular weight is 414 g/mol. The Morgan fingerprint density at radius 3 is 1.86 bits per heavy atom. The highest BCUT2D eigenvalue weighted by Gasteiger charge is 2.45. The zero-order chi connectivity index (χ0) is 21.3. The number of benzene rings is 2. The first kappa shape index (κ1) is 23.5. The molecule has 3 heteroatoms. The number of carbonyl (C=O) groups excluding carboxylic acids is 1. The van der Waals surface area contributed by atoms with Gasteiger partial charge >= 0.3 is 0 Å². The van der Waals surface area contributed by atoms with Gasteiger partial charge in [0.2, 0.25) is 5.78 Å². The van der Waals surface area contributed by atoms with Gasteiger partial charge in [-0.05, 0) is 60.1 Å². The van der Waals surface area contributed by atoms with Gasteiger partial charge in [-0.1, -0.05) is 65.7 Å². The Morgan fingerprint density at radius 1 is 0.862 bits per heavy atom. The van der Waals surface area contributed by atoms with Crippen molar-refractivity contribution in [2.45, 2.75) is 65.6 Å². The van der Waals surface area contributed by atoms with Crippen LogP contribution in [0.2, 0.25) is 0 Å². The molecule has 0 N–H and O–H groups in total. The van der Waals surface area contributed by atoms with Crippen LogP contribution in [0.4, 0.5) is 0 Å². The Kier molecular flexibility index (Phi) is 9.29. The number of hydrogen-bond donors (Lipinski definition) is 0. The van der Waals surface area contributed by atoms with E-state index >= 15 is 0 Å². The Bertz CT molecular complexity index is 724. The van der Waals surface area contributed by atoms with Crippen LogP contribution in [0.15, 0.2) is 54.6 Å². The summed E-state index contributed by atoms with van der Waals surface area (Å²) in [5, 5.41) is 0.0708. The largest absolute Gasteiger partial charge is 0.457 e. The Hall–Kier alpha value is -1.74. The zero-order valence-electron chi connectivity index (χ0n) is 18.7. The van der Waals surface area contributed by atoms with Crippen molar-refractivity contribution in [1.82, 2.24) is 0 Å². The van der Waals surface area contributed by atoms with E-state index in [1.54, 1.807) is 0 Å². The second kappa shape index (κ2) is 11.4. The van der Waals surface area contributed by atoms with E-state index in [1.165, 1.54) is 37.2 Å². The van der Waals surface area contributed by atoms with Crippen molar-refractivity contribution in [2.75, 3.05) is 11.5 Å². The zero-order valence-corrected chi connectivity index (χ0v) is 19.6. The molecular formula is C26H37O2S+. The minimum atomic E-state index is -0.0408. The molecule has 0 heterocycles. The van der Waals surface area contributed by atoms with Gasteiger partial charge in [-0.2, -0.15) is 0 Å². The smallest absolute Gasteiger partial charge is 0.215 e. The minimum absolute atomic E-state index is 0.0408. The van der Waals surface area contributed by atoms with Gasteiger partial charge in [0.25, 0.3) is 0 Å². The van der Waals surface area contributed by atoms with Crippen molar-refractivity contribution in [3.63, 3.8) is 0 Å². The third-order valence-corrected chi connectivity index (χ3v) is 8.21. The molecule has 0 spiro atoms. The standard InChI is InChI=1S/C26H37O2S/c1-6-8-19-29(20-9-7-2)25(26(3,4)5)24(27)21-15-17-23(18-16-21)28-22-13-11-10-12-14-22/h10-18,25H,6-9,19-20H2,1-5H3/q+1. The fraction of sp³-hybridized carbons (Fsp3) is 0.500. The monoisotopic (exact) mass is 413 g/mol. The number of para-hydroxylation sites is 1. The topological polar surface area (TPSA) is 26.3 Å². The predicted molar refractivity (Wildman–Crippen MR) is 127 cm³/mol. The maximum absolute atomic E-state index is 13.6. The first-order valence-corrected chi connectivity index (χ1v) is 12.5. The first-order valence-electron chi connectivity index (χ1n) is 10.9. The molecule has 2 aromatic rings. The lowest BCUT2D eigenvalue weighted by Crippen LogP contribution is -2.44. The van der Waals surface area contributed by atoms with Crippen LogP contribution in [0.1, 0.15) is 70.7 Å². The molecule has 0 amide bonds. The van der Waals surface area contributed by atoms with E-state index in [1.807, 2.05) is 54.6 Å². The van der Waals surface area contributed by atoms with Crippen LogP contribution in [0.3, 0.4) is 0 Å². The molecule has 2 nitrogen and oxygen atoms in total. The molecule has 29 heavy (non-hydrogen) atoms. The molecule has 0 aliphatic carbocycles. The third-order valence-electron chi connectivity index (χ3n) is 5.00. The normalized spacial score (nSPS) is 12.8. The van der Waals surface area contributed by atoms with Gasteiger partial charge in [-0.25, -0.2) is 0 Å². The number of ketones is 1. The van der Waals surface area contributed by atoms with E-state index in [0.29, 0.717) is 5.78 Å². The molecule has 0 saturated heterocycles. The van der Waals surface area contributed by atoms with Crippen molar-refractivity contribution in [3.8, 4) is 11.5 Å². The summed E-state index contributed by atoms with van der Waals surface area (Å²) in [5.41, 5.74) is 0.761. The van der Waals surface area contributed by atoms with Crippen LogP contribution in [-0.2, 0) is 10.9 Å². The molecule has 0 aliphatic rings. The van der Waals surface area contributed by atoms with E-state index in [0.717, 1.165) is 17.1 Å². The second-order valence-corrected chi connectivity index (χ2v) is 11.1. The van der Waals surface area contributed by atoms with Gasteiger partial charge < -0.3 is 4.74 Å². The summed E-state index contributed by atoms with van der Waals surface area (Å²) in [7, 11) is 0.120. The molecule has 0 aliphatic heterocycles. The highest BCUT2D eigenvalue weighted by molar-refractivity contribution is 7.98. The summed E-state index contributed by atoms with van der Waals surface area (Å²) in [4.78, 5) is 13.6. The molecule has 2 rings (SSSR count). The highest BCUT2D eigenvalue weighted by atomic mass is 32.2. The number of unbranched alkanes of at least 4 members (excludes halogenated alkanes) is 2. The Morgan fingerprint density at radius 2 is 1.38 bits per heavy atom. The summed E-state index contributed by atoms with van der Waals surface area (Å²) < 4.78 is 5.88. The van der Waals surface area contributed by atoms with Crippen molar-refractivity contribution >= 4 is 16.7 Å². The predicted octanol–water partition coefficient (Wildman–Crippen LogP) is 7.29. The number of carbonyl (C=O) groups is 1. The van der Waals surface area contributed by atoms with Crippen LogP contribution in [0.5, 0.6) is 11.5 Å². The van der Waals surface area contributed by atoms with Gasteiger partial charge in [0.05, 0.1) is 0 Å². The minimum Gasteiger partial charge on any atom is -0.457 e. The van der Waals surface area contributed by atoms with Crippen molar-refractivity contribution in [1.29, 1.82) is 0 Å². The molecule has 0 saturated carbocycles.